The molecule has 6 nitrogen and oxygen atoms in total. The zero-order chi connectivity index (χ0) is 15.4. The average molecular weight is 338 g/mol. The molecule has 0 unspecified atom stereocenters. The van der Waals surface area contributed by atoms with E-state index in [2.05, 4.69) is 25.1 Å². The first-order valence-corrected chi connectivity index (χ1v) is 8.99. The second-order valence-electron chi connectivity index (χ2n) is 4.97. The quantitative estimate of drug-likeness (QED) is 0.778. The van der Waals surface area contributed by atoms with E-state index in [1.54, 1.807) is 24.5 Å². The number of rotatable bonds is 5. The third-order valence-electron chi connectivity index (χ3n) is 3.48. The van der Waals surface area contributed by atoms with Crippen molar-refractivity contribution in [2.75, 3.05) is 37.7 Å². The maximum absolute atomic E-state index is 11.7. The van der Waals surface area contributed by atoms with E-state index in [0.717, 1.165) is 43.5 Å². The van der Waals surface area contributed by atoms with Crippen LogP contribution in [-0.2, 0) is 11.3 Å². The van der Waals surface area contributed by atoms with Gasteiger partial charge in [-0.05, 0) is 6.92 Å². The second-order valence-corrected chi connectivity index (χ2v) is 6.70. The molecule has 3 heterocycles. The fourth-order valence-corrected chi connectivity index (χ4v) is 3.76. The van der Waals surface area contributed by atoms with Crippen molar-refractivity contribution in [2.45, 2.75) is 13.5 Å². The number of hydrogen-bond donors (Lipinski definition) is 0. The molecular formula is C14H18N4O2S2. The summed E-state index contributed by atoms with van der Waals surface area (Å²) in [6.07, 6.45) is 1.61. The molecule has 8 heteroatoms. The van der Waals surface area contributed by atoms with Gasteiger partial charge in [0.1, 0.15) is 4.88 Å². The minimum atomic E-state index is -0.284. The summed E-state index contributed by atoms with van der Waals surface area (Å²) in [6.45, 7) is 6.89. The van der Waals surface area contributed by atoms with Crippen LogP contribution in [0.15, 0.2) is 17.1 Å². The van der Waals surface area contributed by atoms with Gasteiger partial charge in [0, 0.05) is 38.1 Å². The van der Waals surface area contributed by atoms with E-state index >= 15 is 0 Å². The highest BCUT2D eigenvalue weighted by atomic mass is 32.1. The molecule has 2 aromatic rings. The van der Waals surface area contributed by atoms with Crippen molar-refractivity contribution in [3.05, 3.63) is 27.7 Å². The molecule has 0 aliphatic carbocycles. The first-order chi connectivity index (χ1) is 10.8. The van der Waals surface area contributed by atoms with Gasteiger partial charge in [0.05, 0.1) is 24.0 Å². The highest BCUT2D eigenvalue weighted by Crippen LogP contribution is 2.24. The molecule has 0 bridgehead atoms. The lowest BCUT2D eigenvalue weighted by molar-refractivity contribution is 0.0532. The molecule has 0 amide bonds. The smallest absolute Gasteiger partial charge is 0.350 e. The van der Waals surface area contributed by atoms with E-state index in [0.29, 0.717) is 11.5 Å². The van der Waals surface area contributed by atoms with Crippen LogP contribution in [0.25, 0.3) is 0 Å². The molecule has 1 saturated heterocycles. The number of piperazine rings is 1. The molecule has 1 fully saturated rings. The summed E-state index contributed by atoms with van der Waals surface area (Å²) in [5.41, 5.74) is 3.01. The SMILES string of the molecule is CCOC(=O)c1cnc(N2CCN(Cc3cscn3)CC2)s1. The summed E-state index contributed by atoms with van der Waals surface area (Å²) >= 11 is 3.04. The van der Waals surface area contributed by atoms with E-state index in [1.165, 1.54) is 11.3 Å². The summed E-state index contributed by atoms with van der Waals surface area (Å²) in [5.74, 6) is -0.284. The molecular weight excluding hydrogens is 320 g/mol. The third kappa shape index (κ3) is 3.63. The van der Waals surface area contributed by atoms with Crippen molar-refractivity contribution < 1.29 is 9.53 Å². The van der Waals surface area contributed by atoms with Crippen LogP contribution in [0.4, 0.5) is 5.13 Å². The Morgan fingerprint density at radius 2 is 2.14 bits per heavy atom. The van der Waals surface area contributed by atoms with Gasteiger partial charge >= 0.3 is 5.97 Å². The topological polar surface area (TPSA) is 58.6 Å². The number of hydrogen-bond acceptors (Lipinski definition) is 8. The Hall–Kier alpha value is -1.51. The van der Waals surface area contributed by atoms with Gasteiger partial charge in [-0.3, -0.25) is 4.90 Å². The molecule has 0 radical (unpaired) electrons. The first-order valence-electron chi connectivity index (χ1n) is 7.23. The standard InChI is InChI=1S/C14H18N4O2S2/c1-2-20-13(19)12-7-15-14(22-12)18-5-3-17(4-6-18)8-11-9-21-10-16-11/h7,9-10H,2-6,8H2,1H3. The van der Waals surface area contributed by atoms with E-state index in [1.807, 2.05) is 5.51 Å². The van der Waals surface area contributed by atoms with Crippen LogP contribution in [0.2, 0.25) is 0 Å². The number of esters is 1. The van der Waals surface area contributed by atoms with Crippen molar-refractivity contribution >= 4 is 33.8 Å². The van der Waals surface area contributed by atoms with Crippen molar-refractivity contribution in [1.82, 2.24) is 14.9 Å². The summed E-state index contributed by atoms with van der Waals surface area (Å²) in [7, 11) is 0. The van der Waals surface area contributed by atoms with Crippen LogP contribution in [0, 0.1) is 0 Å². The largest absolute Gasteiger partial charge is 0.462 e. The van der Waals surface area contributed by atoms with Gasteiger partial charge in [-0.25, -0.2) is 14.8 Å². The molecule has 0 N–H and O–H groups in total. The molecule has 0 saturated carbocycles. The van der Waals surface area contributed by atoms with Crippen molar-refractivity contribution in [3.8, 4) is 0 Å². The van der Waals surface area contributed by atoms with Gasteiger partial charge < -0.3 is 9.64 Å². The fourth-order valence-electron chi connectivity index (χ4n) is 2.35. The molecule has 22 heavy (non-hydrogen) atoms. The number of carbonyl (C=O) groups is 1. The van der Waals surface area contributed by atoms with E-state index in [4.69, 9.17) is 4.74 Å². The number of ether oxygens (including phenoxy) is 1. The molecule has 0 spiro atoms. The lowest BCUT2D eigenvalue weighted by Crippen LogP contribution is -2.45. The van der Waals surface area contributed by atoms with E-state index in [9.17, 15) is 4.79 Å². The van der Waals surface area contributed by atoms with Crippen LogP contribution in [-0.4, -0.2) is 53.6 Å². The van der Waals surface area contributed by atoms with Gasteiger partial charge in [0.15, 0.2) is 5.13 Å². The van der Waals surface area contributed by atoms with Gasteiger partial charge in [0.2, 0.25) is 0 Å². The lowest BCUT2D eigenvalue weighted by Gasteiger charge is -2.34. The Kier molecular flexibility index (Phi) is 5.01. The van der Waals surface area contributed by atoms with E-state index in [-0.39, 0.29) is 5.97 Å². The van der Waals surface area contributed by atoms with Crippen molar-refractivity contribution in [3.63, 3.8) is 0 Å². The predicted molar refractivity (Wildman–Crippen MR) is 87.7 cm³/mol. The maximum Gasteiger partial charge on any atom is 0.350 e. The zero-order valence-corrected chi connectivity index (χ0v) is 14.0. The summed E-state index contributed by atoms with van der Waals surface area (Å²) in [6, 6.07) is 0. The number of anilines is 1. The molecule has 3 rings (SSSR count). The summed E-state index contributed by atoms with van der Waals surface area (Å²) in [4.78, 5) is 25.6. The Morgan fingerprint density at radius 1 is 1.32 bits per heavy atom. The highest BCUT2D eigenvalue weighted by molar-refractivity contribution is 7.17. The predicted octanol–water partition coefficient (Wildman–Crippen LogP) is 2.10. The van der Waals surface area contributed by atoms with Crippen molar-refractivity contribution in [1.29, 1.82) is 0 Å². The number of thiazole rings is 2. The van der Waals surface area contributed by atoms with Gasteiger partial charge in [-0.1, -0.05) is 11.3 Å². The Balaban J connectivity index is 1.54. The first kappa shape index (κ1) is 15.4. The molecule has 0 aromatic carbocycles. The summed E-state index contributed by atoms with van der Waals surface area (Å²) in [5, 5.41) is 3.00. The fraction of sp³-hybridized carbons (Fsp3) is 0.500. The maximum atomic E-state index is 11.7. The van der Waals surface area contributed by atoms with Gasteiger partial charge in [-0.2, -0.15) is 0 Å². The Bertz CT molecular complexity index is 606. The number of carbonyl (C=O) groups excluding carboxylic acids is 1. The number of aromatic nitrogens is 2. The molecule has 1 aliphatic rings. The van der Waals surface area contributed by atoms with Gasteiger partial charge in [-0.15, -0.1) is 11.3 Å². The Morgan fingerprint density at radius 3 is 2.82 bits per heavy atom. The van der Waals surface area contributed by atoms with Gasteiger partial charge in [0.25, 0.3) is 0 Å². The van der Waals surface area contributed by atoms with Crippen LogP contribution < -0.4 is 4.90 Å². The molecule has 0 atom stereocenters. The average Bonchev–Trinajstić information content (AvgIpc) is 3.19. The highest BCUT2D eigenvalue weighted by Gasteiger charge is 2.21. The molecule has 2 aromatic heterocycles. The lowest BCUT2D eigenvalue weighted by atomic mass is 10.3. The number of nitrogens with zero attached hydrogens (tertiary/aromatic N) is 4. The van der Waals surface area contributed by atoms with Crippen LogP contribution in [0.1, 0.15) is 22.3 Å². The van der Waals surface area contributed by atoms with Crippen LogP contribution in [0.5, 0.6) is 0 Å². The molecule has 1 aliphatic heterocycles. The zero-order valence-electron chi connectivity index (χ0n) is 12.4. The minimum Gasteiger partial charge on any atom is -0.462 e. The van der Waals surface area contributed by atoms with Crippen LogP contribution >= 0.6 is 22.7 Å². The van der Waals surface area contributed by atoms with Crippen molar-refractivity contribution in [2.24, 2.45) is 0 Å². The molecule has 118 valence electrons. The summed E-state index contributed by atoms with van der Waals surface area (Å²) < 4.78 is 5.00. The normalized spacial score (nSPS) is 16.0. The monoisotopic (exact) mass is 338 g/mol. The third-order valence-corrected chi connectivity index (χ3v) is 5.16. The van der Waals surface area contributed by atoms with E-state index < -0.39 is 0 Å². The second kappa shape index (κ2) is 7.17. The Labute approximate surface area is 137 Å². The van der Waals surface area contributed by atoms with Crippen LogP contribution in [0.3, 0.4) is 0 Å². The minimum absolute atomic E-state index is 0.284.